The van der Waals surface area contributed by atoms with Gasteiger partial charge in [0.25, 0.3) is 0 Å². The summed E-state index contributed by atoms with van der Waals surface area (Å²) < 4.78 is 28.2. The van der Waals surface area contributed by atoms with Gasteiger partial charge in [-0.25, -0.2) is 18.4 Å². The molecule has 0 bridgehead atoms. The summed E-state index contributed by atoms with van der Waals surface area (Å²) in [4.78, 5) is 24.5. The highest BCUT2D eigenvalue weighted by molar-refractivity contribution is 7.88. The van der Waals surface area contributed by atoms with Gasteiger partial charge in [0.15, 0.2) is 0 Å². The Morgan fingerprint density at radius 2 is 1.84 bits per heavy atom. The molecule has 0 spiro atoms. The fourth-order valence-electron chi connectivity index (χ4n) is 3.68. The SMILES string of the molecule is CC(=O)N(C)Cc1cc(N(C)C)nc(C2CCCCN2S(=O)(=O)Cc2ccccc2)n1. The van der Waals surface area contributed by atoms with Crippen molar-refractivity contribution in [1.82, 2.24) is 19.2 Å². The Kier molecular flexibility index (Phi) is 7.27. The predicted octanol–water partition coefficient (Wildman–Crippen LogP) is 2.58. The van der Waals surface area contributed by atoms with Gasteiger partial charge in [-0.15, -0.1) is 0 Å². The maximum absolute atomic E-state index is 13.3. The Hall–Kier alpha value is -2.52. The third-order valence-electron chi connectivity index (χ3n) is 5.48. The first-order valence-electron chi connectivity index (χ1n) is 10.5. The van der Waals surface area contributed by atoms with Crippen molar-refractivity contribution in [2.75, 3.05) is 32.6 Å². The number of amides is 1. The summed E-state index contributed by atoms with van der Waals surface area (Å²) in [6.07, 6.45) is 2.41. The molecule has 1 atom stereocenters. The molecule has 9 heteroatoms. The van der Waals surface area contributed by atoms with Crippen LogP contribution in [0.15, 0.2) is 36.4 Å². The second kappa shape index (κ2) is 9.74. The summed E-state index contributed by atoms with van der Waals surface area (Å²) in [7, 11) is 1.95. The minimum Gasteiger partial charge on any atom is -0.363 e. The smallest absolute Gasteiger partial charge is 0.219 e. The third-order valence-corrected chi connectivity index (χ3v) is 7.33. The molecule has 1 amide bonds. The van der Waals surface area contributed by atoms with Crippen molar-refractivity contribution in [3.05, 3.63) is 53.5 Å². The van der Waals surface area contributed by atoms with Crippen molar-refractivity contribution < 1.29 is 13.2 Å². The van der Waals surface area contributed by atoms with E-state index in [1.807, 2.05) is 55.4 Å². The number of hydrogen-bond donors (Lipinski definition) is 0. The van der Waals surface area contributed by atoms with Crippen molar-refractivity contribution >= 4 is 21.7 Å². The molecule has 0 radical (unpaired) electrons. The summed E-state index contributed by atoms with van der Waals surface area (Å²) >= 11 is 0. The molecule has 31 heavy (non-hydrogen) atoms. The molecule has 2 aromatic rings. The lowest BCUT2D eigenvalue weighted by Crippen LogP contribution is -2.40. The Morgan fingerprint density at radius 1 is 1.13 bits per heavy atom. The predicted molar refractivity (Wildman–Crippen MR) is 121 cm³/mol. The first-order valence-corrected chi connectivity index (χ1v) is 12.1. The molecular formula is C22H31N5O3S. The van der Waals surface area contributed by atoms with Crippen molar-refractivity contribution in [1.29, 1.82) is 0 Å². The van der Waals surface area contributed by atoms with Gasteiger partial charge in [-0.1, -0.05) is 36.8 Å². The summed E-state index contributed by atoms with van der Waals surface area (Å²) in [5, 5.41) is 0. The van der Waals surface area contributed by atoms with E-state index in [-0.39, 0.29) is 11.7 Å². The molecule has 1 fully saturated rings. The number of nitrogens with zero attached hydrogens (tertiary/aromatic N) is 5. The van der Waals surface area contributed by atoms with E-state index in [4.69, 9.17) is 4.98 Å². The van der Waals surface area contributed by atoms with E-state index in [2.05, 4.69) is 4.98 Å². The van der Waals surface area contributed by atoms with Crippen LogP contribution in [0.25, 0.3) is 0 Å². The van der Waals surface area contributed by atoms with Gasteiger partial charge in [0.2, 0.25) is 15.9 Å². The van der Waals surface area contributed by atoms with Crippen LogP contribution in [-0.2, 0) is 27.1 Å². The fraction of sp³-hybridized carbons (Fsp3) is 0.500. The minimum absolute atomic E-state index is 0.0440. The maximum Gasteiger partial charge on any atom is 0.219 e. The minimum atomic E-state index is -3.54. The third kappa shape index (κ3) is 5.80. The zero-order valence-electron chi connectivity index (χ0n) is 18.7. The lowest BCUT2D eigenvalue weighted by atomic mass is 10.0. The molecular weight excluding hydrogens is 414 g/mol. The van der Waals surface area contributed by atoms with E-state index in [9.17, 15) is 13.2 Å². The molecule has 8 nitrogen and oxygen atoms in total. The average molecular weight is 446 g/mol. The molecule has 0 aliphatic carbocycles. The van der Waals surface area contributed by atoms with Crippen LogP contribution in [0.3, 0.4) is 0 Å². The van der Waals surface area contributed by atoms with E-state index in [1.54, 1.807) is 16.3 Å². The first-order chi connectivity index (χ1) is 14.7. The lowest BCUT2D eigenvalue weighted by Gasteiger charge is -2.34. The van der Waals surface area contributed by atoms with Crippen LogP contribution in [0.5, 0.6) is 0 Å². The zero-order chi connectivity index (χ0) is 22.6. The van der Waals surface area contributed by atoms with Crippen molar-refractivity contribution in [3.8, 4) is 0 Å². The second-order valence-electron chi connectivity index (χ2n) is 8.21. The van der Waals surface area contributed by atoms with Gasteiger partial charge in [0, 0.05) is 40.7 Å². The zero-order valence-corrected chi connectivity index (χ0v) is 19.5. The number of carbonyl (C=O) groups is 1. The summed E-state index contributed by atoms with van der Waals surface area (Å²) in [5.74, 6) is 1.09. The van der Waals surface area contributed by atoms with E-state index >= 15 is 0 Å². The Morgan fingerprint density at radius 3 is 2.48 bits per heavy atom. The van der Waals surface area contributed by atoms with E-state index in [0.717, 1.165) is 18.4 Å². The van der Waals surface area contributed by atoms with Gasteiger partial charge in [-0.3, -0.25) is 4.79 Å². The number of rotatable bonds is 7. The van der Waals surface area contributed by atoms with Gasteiger partial charge >= 0.3 is 0 Å². The molecule has 1 saturated heterocycles. The van der Waals surface area contributed by atoms with Crippen molar-refractivity contribution in [2.45, 2.75) is 44.5 Å². The van der Waals surface area contributed by atoms with E-state index in [1.165, 1.54) is 6.92 Å². The molecule has 2 heterocycles. The van der Waals surface area contributed by atoms with Crippen LogP contribution in [0, 0.1) is 0 Å². The molecule has 1 aromatic heterocycles. The molecule has 1 aliphatic heterocycles. The van der Waals surface area contributed by atoms with Crippen molar-refractivity contribution in [2.24, 2.45) is 0 Å². The fourth-order valence-corrected chi connectivity index (χ4v) is 5.45. The molecule has 0 saturated carbocycles. The summed E-state index contributed by atoms with van der Waals surface area (Å²) in [5.41, 5.74) is 1.45. The van der Waals surface area contributed by atoms with Crippen LogP contribution < -0.4 is 4.90 Å². The number of aromatic nitrogens is 2. The summed E-state index contributed by atoms with van der Waals surface area (Å²) in [6.45, 7) is 2.31. The second-order valence-corrected chi connectivity index (χ2v) is 10.1. The Balaban J connectivity index is 1.96. The van der Waals surface area contributed by atoms with Gasteiger partial charge in [0.05, 0.1) is 24.0 Å². The van der Waals surface area contributed by atoms with Gasteiger partial charge in [0.1, 0.15) is 11.6 Å². The molecule has 1 unspecified atom stereocenters. The molecule has 3 rings (SSSR count). The number of carbonyl (C=O) groups excluding carboxylic acids is 1. The highest BCUT2D eigenvalue weighted by Gasteiger charge is 2.35. The molecule has 0 N–H and O–H groups in total. The molecule has 1 aliphatic rings. The maximum atomic E-state index is 13.3. The first kappa shape index (κ1) is 23.1. The van der Waals surface area contributed by atoms with Crippen LogP contribution in [0.1, 0.15) is 49.3 Å². The average Bonchev–Trinajstić information content (AvgIpc) is 2.73. The lowest BCUT2D eigenvalue weighted by molar-refractivity contribution is -0.128. The van der Waals surface area contributed by atoms with Crippen LogP contribution in [0.2, 0.25) is 0 Å². The van der Waals surface area contributed by atoms with E-state index < -0.39 is 16.1 Å². The van der Waals surface area contributed by atoms with Crippen LogP contribution in [-0.4, -0.2) is 61.2 Å². The molecule has 1 aromatic carbocycles. The molecule has 168 valence electrons. The largest absolute Gasteiger partial charge is 0.363 e. The summed E-state index contributed by atoms with van der Waals surface area (Å²) in [6, 6.07) is 10.7. The van der Waals surface area contributed by atoms with Gasteiger partial charge < -0.3 is 9.80 Å². The standard InChI is InChI=1S/C22H31N5O3S/c1-17(28)26(4)15-19-14-21(25(2)3)24-22(23-19)20-12-8-9-13-27(20)31(29,30)16-18-10-6-5-7-11-18/h5-7,10-11,14,20H,8-9,12-13,15-16H2,1-4H3. The van der Waals surface area contributed by atoms with Gasteiger partial charge in [-0.2, -0.15) is 4.31 Å². The highest BCUT2D eigenvalue weighted by atomic mass is 32.2. The number of benzene rings is 1. The van der Waals surface area contributed by atoms with Gasteiger partial charge in [-0.05, 0) is 18.4 Å². The highest BCUT2D eigenvalue weighted by Crippen LogP contribution is 2.33. The van der Waals surface area contributed by atoms with Crippen LogP contribution in [0.4, 0.5) is 5.82 Å². The van der Waals surface area contributed by atoms with Crippen molar-refractivity contribution in [3.63, 3.8) is 0 Å². The Bertz CT molecular complexity index is 1010. The Labute approximate surface area is 185 Å². The number of sulfonamides is 1. The topological polar surface area (TPSA) is 86.7 Å². The number of hydrogen-bond acceptors (Lipinski definition) is 6. The van der Waals surface area contributed by atoms with Crippen LogP contribution >= 0.6 is 0 Å². The number of anilines is 1. The monoisotopic (exact) mass is 445 g/mol. The quantitative estimate of drug-likeness (QED) is 0.651. The number of piperidine rings is 1. The normalized spacial score (nSPS) is 17.4. The van der Waals surface area contributed by atoms with E-state index in [0.29, 0.717) is 36.8 Å².